The summed E-state index contributed by atoms with van der Waals surface area (Å²) in [6.07, 6.45) is 0.931. The van der Waals surface area contributed by atoms with Crippen molar-refractivity contribution < 1.29 is 4.79 Å². The van der Waals surface area contributed by atoms with E-state index >= 15 is 0 Å². The van der Waals surface area contributed by atoms with Gasteiger partial charge >= 0.3 is 0 Å². The van der Waals surface area contributed by atoms with E-state index in [1.165, 1.54) is 6.92 Å². The number of carbonyl (C=O) groups excluding carboxylic acids is 1. The molecule has 1 heterocycles. The van der Waals surface area contributed by atoms with E-state index in [-0.39, 0.29) is 5.91 Å². The van der Waals surface area contributed by atoms with Crippen LogP contribution in [0.5, 0.6) is 0 Å². The standard InChI is InChI=1S/C15H19N3OS/c1-11-10-20-15(17-11)7-8-16-9-13-5-3-4-6-14(13)18-12(2)19/h3-6,10,16H,7-9H2,1-2H3,(H,18,19). The summed E-state index contributed by atoms with van der Waals surface area (Å²) in [5.41, 5.74) is 3.05. The zero-order chi connectivity index (χ0) is 14.4. The zero-order valence-corrected chi connectivity index (χ0v) is 12.6. The molecule has 106 valence electrons. The summed E-state index contributed by atoms with van der Waals surface area (Å²) in [5, 5.41) is 9.46. The average molecular weight is 289 g/mol. The first-order valence-electron chi connectivity index (χ1n) is 6.62. The van der Waals surface area contributed by atoms with Crippen molar-refractivity contribution in [3.8, 4) is 0 Å². The molecule has 0 spiro atoms. The third-order valence-corrected chi connectivity index (χ3v) is 3.85. The Hall–Kier alpha value is -1.72. The fourth-order valence-corrected chi connectivity index (χ4v) is 2.70. The monoisotopic (exact) mass is 289 g/mol. The van der Waals surface area contributed by atoms with Crippen LogP contribution >= 0.6 is 11.3 Å². The van der Waals surface area contributed by atoms with Gasteiger partial charge in [-0.3, -0.25) is 4.79 Å². The van der Waals surface area contributed by atoms with Gasteiger partial charge in [-0.25, -0.2) is 4.98 Å². The summed E-state index contributed by atoms with van der Waals surface area (Å²) < 4.78 is 0. The summed E-state index contributed by atoms with van der Waals surface area (Å²) in [6, 6.07) is 7.84. The molecule has 0 radical (unpaired) electrons. The lowest BCUT2D eigenvalue weighted by atomic mass is 10.1. The summed E-state index contributed by atoms with van der Waals surface area (Å²) in [7, 11) is 0. The minimum Gasteiger partial charge on any atom is -0.326 e. The van der Waals surface area contributed by atoms with Crippen LogP contribution < -0.4 is 10.6 Å². The van der Waals surface area contributed by atoms with E-state index in [9.17, 15) is 4.79 Å². The molecule has 4 nitrogen and oxygen atoms in total. The topological polar surface area (TPSA) is 54.0 Å². The molecular formula is C15H19N3OS. The lowest BCUT2D eigenvalue weighted by molar-refractivity contribution is -0.114. The molecule has 2 aromatic rings. The molecule has 0 atom stereocenters. The van der Waals surface area contributed by atoms with Crippen molar-refractivity contribution in [2.45, 2.75) is 26.8 Å². The highest BCUT2D eigenvalue weighted by Gasteiger charge is 2.03. The summed E-state index contributed by atoms with van der Waals surface area (Å²) >= 11 is 1.70. The third-order valence-electron chi connectivity index (χ3n) is 2.83. The summed E-state index contributed by atoms with van der Waals surface area (Å²) in [4.78, 5) is 15.6. The number of thiazole rings is 1. The Morgan fingerprint density at radius 1 is 1.35 bits per heavy atom. The first-order chi connectivity index (χ1) is 9.65. The van der Waals surface area contributed by atoms with Gasteiger partial charge in [0.25, 0.3) is 0 Å². The van der Waals surface area contributed by atoms with Gasteiger partial charge in [0, 0.05) is 43.2 Å². The smallest absolute Gasteiger partial charge is 0.221 e. The fraction of sp³-hybridized carbons (Fsp3) is 0.333. The number of amides is 1. The maximum absolute atomic E-state index is 11.1. The predicted octanol–water partition coefficient (Wildman–Crippen LogP) is 2.74. The molecule has 0 aliphatic rings. The quantitative estimate of drug-likeness (QED) is 0.804. The second kappa shape index (κ2) is 7.17. The number of rotatable bonds is 6. The Bertz CT molecular complexity index is 580. The van der Waals surface area contributed by atoms with Crippen LogP contribution in [0.15, 0.2) is 29.6 Å². The SMILES string of the molecule is CC(=O)Nc1ccccc1CNCCc1nc(C)cs1. The van der Waals surface area contributed by atoms with Gasteiger partial charge in [-0.2, -0.15) is 0 Å². The van der Waals surface area contributed by atoms with Crippen LogP contribution in [-0.2, 0) is 17.8 Å². The molecule has 1 aromatic carbocycles. The van der Waals surface area contributed by atoms with Crippen molar-refractivity contribution >= 4 is 22.9 Å². The van der Waals surface area contributed by atoms with Crippen molar-refractivity contribution in [3.05, 3.63) is 45.9 Å². The van der Waals surface area contributed by atoms with Crippen LogP contribution in [-0.4, -0.2) is 17.4 Å². The van der Waals surface area contributed by atoms with Crippen molar-refractivity contribution in [2.24, 2.45) is 0 Å². The number of nitrogens with one attached hydrogen (secondary N) is 2. The van der Waals surface area contributed by atoms with Gasteiger partial charge in [-0.05, 0) is 18.6 Å². The Morgan fingerprint density at radius 3 is 2.85 bits per heavy atom. The van der Waals surface area contributed by atoms with Crippen LogP contribution in [0.3, 0.4) is 0 Å². The van der Waals surface area contributed by atoms with E-state index in [1.54, 1.807) is 11.3 Å². The predicted molar refractivity (Wildman–Crippen MR) is 83.0 cm³/mol. The Morgan fingerprint density at radius 2 is 2.15 bits per heavy atom. The molecule has 0 aliphatic carbocycles. The van der Waals surface area contributed by atoms with E-state index in [4.69, 9.17) is 0 Å². The lowest BCUT2D eigenvalue weighted by Crippen LogP contribution is -2.18. The number of hydrogen-bond donors (Lipinski definition) is 2. The lowest BCUT2D eigenvalue weighted by Gasteiger charge is -2.10. The number of hydrogen-bond acceptors (Lipinski definition) is 4. The first-order valence-corrected chi connectivity index (χ1v) is 7.50. The van der Waals surface area contributed by atoms with Gasteiger partial charge in [-0.1, -0.05) is 18.2 Å². The molecule has 2 N–H and O–H groups in total. The van der Waals surface area contributed by atoms with E-state index < -0.39 is 0 Å². The summed E-state index contributed by atoms with van der Waals surface area (Å²) in [6.45, 7) is 5.15. The molecule has 2 rings (SSSR count). The second-order valence-electron chi connectivity index (χ2n) is 4.65. The fourth-order valence-electron chi connectivity index (χ4n) is 1.92. The Kier molecular flexibility index (Phi) is 5.26. The van der Waals surface area contributed by atoms with Gasteiger partial charge in [-0.15, -0.1) is 11.3 Å². The van der Waals surface area contributed by atoms with Crippen LogP contribution in [0.4, 0.5) is 5.69 Å². The van der Waals surface area contributed by atoms with Crippen molar-refractivity contribution in [1.29, 1.82) is 0 Å². The molecule has 0 bridgehead atoms. The van der Waals surface area contributed by atoms with Crippen LogP contribution in [0.25, 0.3) is 0 Å². The van der Waals surface area contributed by atoms with E-state index in [2.05, 4.69) is 21.0 Å². The number of anilines is 1. The molecular weight excluding hydrogens is 270 g/mol. The molecule has 0 aliphatic heterocycles. The van der Waals surface area contributed by atoms with Gasteiger partial charge < -0.3 is 10.6 Å². The number of benzene rings is 1. The Labute approximate surface area is 123 Å². The molecule has 5 heteroatoms. The van der Waals surface area contributed by atoms with Crippen molar-refractivity contribution in [3.63, 3.8) is 0 Å². The Balaban J connectivity index is 1.83. The van der Waals surface area contributed by atoms with Gasteiger partial charge in [0.2, 0.25) is 5.91 Å². The van der Waals surface area contributed by atoms with Crippen molar-refractivity contribution in [2.75, 3.05) is 11.9 Å². The molecule has 0 unspecified atom stereocenters. The number of nitrogens with zero attached hydrogens (tertiary/aromatic N) is 1. The molecule has 1 aromatic heterocycles. The maximum Gasteiger partial charge on any atom is 0.221 e. The largest absolute Gasteiger partial charge is 0.326 e. The van der Waals surface area contributed by atoms with Crippen molar-refractivity contribution in [1.82, 2.24) is 10.3 Å². The van der Waals surface area contributed by atoms with Crippen LogP contribution in [0.2, 0.25) is 0 Å². The minimum absolute atomic E-state index is 0.0456. The highest BCUT2D eigenvalue weighted by Crippen LogP contribution is 2.14. The second-order valence-corrected chi connectivity index (χ2v) is 5.59. The summed E-state index contributed by atoms with van der Waals surface area (Å²) in [5.74, 6) is -0.0456. The number of carbonyl (C=O) groups is 1. The van der Waals surface area contributed by atoms with Gasteiger partial charge in [0.05, 0.1) is 5.01 Å². The highest BCUT2D eigenvalue weighted by molar-refractivity contribution is 7.09. The number of aromatic nitrogens is 1. The third kappa shape index (κ3) is 4.43. The maximum atomic E-state index is 11.1. The zero-order valence-electron chi connectivity index (χ0n) is 11.8. The van der Waals surface area contributed by atoms with E-state index in [0.717, 1.165) is 41.5 Å². The minimum atomic E-state index is -0.0456. The number of para-hydroxylation sites is 1. The molecule has 0 fully saturated rings. The van der Waals surface area contributed by atoms with E-state index in [0.29, 0.717) is 0 Å². The molecule has 1 amide bonds. The van der Waals surface area contributed by atoms with Gasteiger partial charge in [0.1, 0.15) is 0 Å². The normalized spacial score (nSPS) is 10.5. The molecule has 20 heavy (non-hydrogen) atoms. The first kappa shape index (κ1) is 14.7. The number of aryl methyl sites for hydroxylation is 1. The average Bonchev–Trinajstić information content (AvgIpc) is 2.81. The van der Waals surface area contributed by atoms with Crippen LogP contribution in [0.1, 0.15) is 23.2 Å². The molecule has 0 saturated carbocycles. The highest BCUT2D eigenvalue weighted by atomic mass is 32.1. The van der Waals surface area contributed by atoms with Gasteiger partial charge in [0.15, 0.2) is 0 Å². The molecule has 0 saturated heterocycles. The van der Waals surface area contributed by atoms with Crippen LogP contribution in [0, 0.1) is 6.92 Å². The van der Waals surface area contributed by atoms with E-state index in [1.807, 2.05) is 31.2 Å².